The van der Waals surface area contributed by atoms with Gasteiger partial charge in [-0.1, -0.05) is 18.7 Å². The Morgan fingerprint density at radius 3 is 2.79 bits per heavy atom. The lowest BCUT2D eigenvalue weighted by Crippen LogP contribution is -2.38. The Kier molecular flexibility index (Phi) is 4.75. The lowest BCUT2D eigenvalue weighted by atomic mass is 10.2. The number of nitrogens with zero attached hydrogens (tertiary/aromatic N) is 2. The van der Waals surface area contributed by atoms with E-state index in [1.54, 1.807) is 0 Å². The van der Waals surface area contributed by atoms with Crippen molar-refractivity contribution >= 4 is 16.9 Å². The Labute approximate surface area is 91.3 Å². The van der Waals surface area contributed by atoms with E-state index in [9.17, 15) is 0 Å². The number of thioether (sulfide) groups is 1. The molecule has 2 atom stereocenters. The van der Waals surface area contributed by atoms with E-state index in [1.807, 2.05) is 11.8 Å². The molecule has 1 rings (SSSR count). The third-order valence-electron chi connectivity index (χ3n) is 2.17. The van der Waals surface area contributed by atoms with Crippen LogP contribution in [0.2, 0.25) is 0 Å². The van der Waals surface area contributed by atoms with Crippen molar-refractivity contribution in [2.45, 2.75) is 31.6 Å². The van der Waals surface area contributed by atoms with E-state index in [4.69, 9.17) is 0 Å². The van der Waals surface area contributed by atoms with Gasteiger partial charge in [0.05, 0.1) is 6.54 Å². The van der Waals surface area contributed by atoms with Crippen molar-refractivity contribution in [3.05, 3.63) is 0 Å². The topological polar surface area (TPSA) is 27.6 Å². The van der Waals surface area contributed by atoms with E-state index in [0.29, 0.717) is 11.3 Å². The fraction of sp³-hybridized carbons (Fsp3) is 0.900. The Bertz CT molecular complexity index is 192. The van der Waals surface area contributed by atoms with Crippen LogP contribution in [0.5, 0.6) is 0 Å². The smallest absolute Gasteiger partial charge is 0.157 e. The van der Waals surface area contributed by atoms with Crippen LogP contribution in [0.4, 0.5) is 0 Å². The first-order valence-electron chi connectivity index (χ1n) is 5.20. The molecule has 0 amide bonds. The van der Waals surface area contributed by atoms with Crippen LogP contribution in [0.1, 0.15) is 20.3 Å². The van der Waals surface area contributed by atoms with Crippen molar-refractivity contribution in [2.24, 2.45) is 4.99 Å². The van der Waals surface area contributed by atoms with Gasteiger partial charge >= 0.3 is 0 Å². The zero-order chi connectivity index (χ0) is 10.6. The summed E-state index contributed by atoms with van der Waals surface area (Å²) in [7, 11) is 4.15. The molecule has 1 fully saturated rings. The van der Waals surface area contributed by atoms with Gasteiger partial charge in [0.2, 0.25) is 0 Å². The van der Waals surface area contributed by atoms with E-state index in [1.165, 1.54) is 6.42 Å². The molecule has 1 aliphatic heterocycles. The van der Waals surface area contributed by atoms with Crippen molar-refractivity contribution in [1.29, 1.82) is 0 Å². The summed E-state index contributed by atoms with van der Waals surface area (Å²) in [4.78, 5) is 6.71. The molecule has 2 unspecified atom stereocenters. The summed E-state index contributed by atoms with van der Waals surface area (Å²) < 4.78 is 0. The van der Waals surface area contributed by atoms with Crippen molar-refractivity contribution < 1.29 is 0 Å². The van der Waals surface area contributed by atoms with Crippen LogP contribution in [0.15, 0.2) is 4.99 Å². The average Bonchev–Trinajstić information content (AvgIpc) is 2.01. The number of amidine groups is 1. The van der Waals surface area contributed by atoms with Crippen LogP contribution in [-0.4, -0.2) is 48.5 Å². The summed E-state index contributed by atoms with van der Waals surface area (Å²) in [5.41, 5.74) is 0. The molecule has 82 valence electrons. The minimum Gasteiger partial charge on any atom is -0.362 e. The van der Waals surface area contributed by atoms with Crippen LogP contribution in [0, 0.1) is 0 Å². The van der Waals surface area contributed by atoms with Crippen LogP contribution in [0.25, 0.3) is 0 Å². The first kappa shape index (κ1) is 11.9. The van der Waals surface area contributed by atoms with E-state index in [-0.39, 0.29) is 0 Å². The molecule has 0 saturated carbocycles. The number of likely N-dealkylation sites (N-methyl/N-ethyl adjacent to an activating group) is 1. The molecule has 0 aliphatic carbocycles. The number of rotatable bonds is 3. The quantitative estimate of drug-likeness (QED) is 0.771. The molecule has 1 heterocycles. The third kappa shape index (κ3) is 4.33. The molecular weight excluding hydrogens is 194 g/mol. The Hall–Kier alpha value is -0.220. The summed E-state index contributed by atoms with van der Waals surface area (Å²) in [6.45, 7) is 6.40. The maximum atomic E-state index is 4.55. The summed E-state index contributed by atoms with van der Waals surface area (Å²) in [6.07, 6.45) is 1.23. The summed E-state index contributed by atoms with van der Waals surface area (Å²) in [6, 6.07) is 0.573. The SMILES string of the molecule is CC1CC(C)SC(=NCCN(C)C)N1. The predicted molar refractivity (Wildman–Crippen MR) is 65.1 cm³/mol. The monoisotopic (exact) mass is 215 g/mol. The van der Waals surface area contributed by atoms with E-state index in [0.717, 1.165) is 18.3 Å². The molecule has 0 radical (unpaired) electrons. The van der Waals surface area contributed by atoms with Gasteiger partial charge in [-0.3, -0.25) is 4.99 Å². The number of hydrogen-bond acceptors (Lipinski definition) is 3. The van der Waals surface area contributed by atoms with Gasteiger partial charge in [-0.25, -0.2) is 0 Å². The second-order valence-electron chi connectivity index (χ2n) is 4.20. The molecule has 4 heteroatoms. The molecule has 14 heavy (non-hydrogen) atoms. The molecule has 1 aliphatic rings. The lowest BCUT2D eigenvalue weighted by molar-refractivity contribution is 0.420. The predicted octanol–water partition coefficient (Wildman–Crippen LogP) is 1.41. The molecule has 0 bridgehead atoms. The maximum absolute atomic E-state index is 4.55. The highest BCUT2D eigenvalue weighted by Gasteiger charge is 2.19. The second kappa shape index (κ2) is 5.61. The van der Waals surface area contributed by atoms with Crippen LogP contribution in [0.3, 0.4) is 0 Å². The fourth-order valence-corrected chi connectivity index (χ4v) is 2.68. The van der Waals surface area contributed by atoms with Gasteiger partial charge in [0.25, 0.3) is 0 Å². The molecule has 0 aromatic heterocycles. The Morgan fingerprint density at radius 1 is 1.50 bits per heavy atom. The number of aliphatic imine (C=N–C) groups is 1. The van der Waals surface area contributed by atoms with Crippen LogP contribution in [-0.2, 0) is 0 Å². The van der Waals surface area contributed by atoms with Crippen molar-refractivity contribution in [3.63, 3.8) is 0 Å². The minimum atomic E-state index is 0.573. The highest BCUT2D eigenvalue weighted by molar-refractivity contribution is 8.14. The molecule has 1 N–H and O–H groups in total. The summed E-state index contributed by atoms with van der Waals surface area (Å²) >= 11 is 1.86. The first-order chi connectivity index (χ1) is 6.58. The normalized spacial score (nSPS) is 30.8. The number of nitrogens with one attached hydrogen (secondary N) is 1. The standard InChI is InChI=1S/C10H21N3S/c1-8-7-9(2)14-10(12-8)11-5-6-13(3)4/h8-9H,5-7H2,1-4H3,(H,11,12). The van der Waals surface area contributed by atoms with E-state index < -0.39 is 0 Å². The highest BCUT2D eigenvalue weighted by Crippen LogP contribution is 2.21. The van der Waals surface area contributed by atoms with Gasteiger partial charge in [-0.2, -0.15) is 0 Å². The lowest BCUT2D eigenvalue weighted by Gasteiger charge is -2.27. The number of hydrogen-bond donors (Lipinski definition) is 1. The first-order valence-corrected chi connectivity index (χ1v) is 6.08. The van der Waals surface area contributed by atoms with Crippen molar-refractivity contribution in [2.75, 3.05) is 27.2 Å². The fourth-order valence-electron chi connectivity index (χ4n) is 1.47. The minimum absolute atomic E-state index is 0.573. The molecule has 3 nitrogen and oxygen atoms in total. The third-order valence-corrected chi connectivity index (χ3v) is 3.24. The zero-order valence-corrected chi connectivity index (χ0v) is 10.4. The summed E-state index contributed by atoms with van der Waals surface area (Å²) in [5.74, 6) is 0. The molecular formula is C10H21N3S. The van der Waals surface area contributed by atoms with Gasteiger partial charge in [0, 0.05) is 17.8 Å². The highest BCUT2D eigenvalue weighted by atomic mass is 32.2. The van der Waals surface area contributed by atoms with Gasteiger partial charge in [0.1, 0.15) is 0 Å². The largest absolute Gasteiger partial charge is 0.362 e. The van der Waals surface area contributed by atoms with Gasteiger partial charge in [-0.05, 0) is 27.4 Å². The summed E-state index contributed by atoms with van der Waals surface area (Å²) in [5, 5.41) is 5.24. The van der Waals surface area contributed by atoms with Gasteiger partial charge in [0.15, 0.2) is 5.17 Å². The van der Waals surface area contributed by atoms with Crippen molar-refractivity contribution in [3.8, 4) is 0 Å². The van der Waals surface area contributed by atoms with Gasteiger partial charge < -0.3 is 10.2 Å². The molecule has 0 aromatic carbocycles. The molecule has 0 spiro atoms. The van der Waals surface area contributed by atoms with Gasteiger partial charge in [-0.15, -0.1) is 0 Å². The second-order valence-corrected chi connectivity index (χ2v) is 5.63. The zero-order valence-electron chi connectivity index (χ0n) is 9.58. The Balaban J connectivity index is 2.35. The molecule has 0 aromatic rings. The van der Waals surface area contributed by atoms with Crippen LogP contribution < -0.4 is 5.32 Å². The van der Waals surface area contributed by atoms with Crippen molar-refractivity contribution in [1.82, 2.24) is 10.2 Å². The maximum Gasteiger partial charge on any atom is 0.157 e. The average molecular weight is 215 g/mol. The Morgan fingerprint density at radius 2 is 2.21 bits per heavy atom. The van der Waals surface area contributed by atoms with E-state index >= 15 is 0 Å². The molecule has 1 saturated heterocycles. The van der Waals surface area contributed by atoms with Crippen LogP contribution >= 0.6 is 11.8 Å². The van der Waals surface area contributed by atoms with E-state index in [2.05, 4.69) is 43.2 Å².